The predicted molar refractivity (Wildman–Crippen MR) is 114 cm³/mol. The second-order valence-corrected chi connectivity index (χ2v) is 7.44. The molecule has 0 aliphatic rings. The van der Waals surface area contributed by atoms with E-state index in [0.29, 0.717) is 17.1 Å². The molecule has 0 spiro atoms. The first kappa shape index (κ1) is 18.8. The first-order chi connectivity index (χ1) is 14.1. The van der Waals surface area contributed by atoms with Crippen molar-refractivity contribution < 1.29 is 9.32 Å². The Morgan fingerprint density at radius 2 is 1.86 bits per heavy atom. The molecule has 2 heterocycles. The summed E-state index contributed by atoms with van der Waals surface area (Å²) in [6.07, 6.45) is 0. The van der Waals surface area contributed by atoms with E-state index in [0.717, 1.165) is 21.7 Å². The summed E-state index contributed by atoms with van der Waals surface area (Å²) in [6.45, 7) is 3.90. The van der Waals surface area contributed by atoms with Crippen molar-refractivity contribution in [2.75, 3.05) is 5.32 Å². The third-order valence-corrected chi connectivity index (χ3v) is 5.24. The van der Waals surface area contributed by atoms with Crippen molar-refractivity contribution in [1.29, 1.82) is 0 Å². The average molecular weight is 402 g/mol. The van der Waals surface area contributed by atoms with Crippen LogP contribution in [0.1, 0.15) is 21.6 Å². The minimum absolute atomic E-state index is 0.233. The van der Waals surface area contributed by atoms with Gasteiger partial charge in [-0.25, -0.2) is 0 Å². The molecular formula is C22H18N4O2S. The van der Waals surface area contributed by atoms with Gasteiger partial charge in [0.15, 0.2) is 11.5 Å². The van der Waals surface area contributed by atoms with E-state index in [1.807, 2.05) is 67.8 Å². The highest BCUT2D eigenvalue weighted by Crippen LogP contribution is 2.27. The van der Waals surface area contributed by atoms with E-state index in [2.05, 4.69) is 20.7 Å². The summed E-state index contributed by atoms with van der Waals surface area (Å²) in [7, 11) is 0. The zero-order valence-electron chi connectivity index (χ0n) is 15.9. The Balaban J connectivity index is 1.47. The number of hydrogen-bond acceptors (Lipinski definition) is 6. The molecule has 0 bridgehead atoms. The molecule has 0 aliphatic heterocycles. The van der Waals surface area contributed by atoms with Gasteiger partial charge in [-0.05, 0) is 60.7 Å². The molecule has 144 valence electrons. The number of anilines is 1. The van der Waals surface area contributed by atoms with Crippen LogP contribution in [0.4, 0.5) is 17.1 Å². The Bertz CT molecular complexity index is 1180. The second kappa shape index (κ2) is 8.20. The van der Waals surface area contributed by atoms with Gasteiger partial charge in [-0.15, -0.1) is 11.3 Å². The molecule has 0 unspecified atom stereocenters. The van der Waals surface area contributed by atoms with Gasteiger partial charge in [-0.3, -0.25) is 4.79 Å². The molecule has 2 aromatic carbocycles. The molecule has 0 saturated carbocycles. The number of rotatable bonds is 5. The molecule has 2 aromatic heterocycles. The molecule has 0 saturated heterocycles. The van der Waals surface area contributed by atoms with Gasteiger partial charge < -0.3 is 9.84 Å². The summed E-state index contributed by atoms with van der Waals surface area (Å²) in [5, 5.41) is 17.3. The van der Waals surface area contributed by atoms with Crippen LogP contribution in [0, 0.1) is 13.8 Å². The molecular weight excluding hydrogens is 384 g/mol. The summed E-state index contributed by atoms with van der Waals surface area (Å²) in [4.78, 5) is 13.4. The summed E-state index contributed by atoms with van der Waals surface area (Å²) in [5.41, 5.74) is 4.40. The topological polar surface area (TPSA) is 79.9 Å². The molecule has 0 radical (unpaired) electrons. The number of aromatic nitrogens is 1. The van der Waals surface area contributed by atoms with E-state index in [4.69, 9.17) is 4.52 Å². The number of carbonyl (C=O) groups is 1. The van der Waals surface area contributed by atoms with E-state index in [1.165, 1.54) is 11.3 Å². The number of amides is 1. The van der Waals surface area contributed by atoms with Gasteiger partial charge >= 0.3 is 0 Å². The fourth-order valence-corrected chi connectivity index (χ4v) is 3.41. The number of benzene rings is 2. The van der Waals surface area contributed by atoms with Gasteiger partial charge in [0.1, 0.15) is 0 Å². The van der Waals surface area contributed by atoms with Crippen LogP contribution in [0.2, 0.25) is 0 Å². The molecule has 29 heavy (non-hydrogen) atoms. The predicted octanol–water partition coefficient (Wildman–Crippen LogP) is 6.69. The highest BCUT2D eigenvalue weighted by atomic mass is 32.1. The van der Waals surface area contributed by atoms with Crippen molar-refractivity contribution in [1.82, 2.24) is 5.16 Å². The molecule has 0 atom stereocenters. The van der Waals surface area contributed by atoms with Gasteiger partial charge in [-0.1, -0.05) is 29.4 Å². The number of thiophene rings is 1. The van der Waals surface area contributed by atoms with E-state index in [-0.39, 0.29) is 11.6 Å². The van der Waals surface area contributed by atoms with Crippen molar-refractivity contribution in [3.63, 3.8) is 0 Å². The van der Waals surface area contributed by atoms with E-state index < -0.39 is 0 Å². The Kier molecular flexibility index (Phi) is 5.31. The largest absolute Gasteiger partial charge is 0.355 e. The Morgan fingerprint density at radius 3 is 2.62 bits per heavy atom. The van der Waals surface area contributed by atoms with Crippen LogP contribution in [0.25, 0.3) is 10.6 Å². The van der Waals surface area contributed by atoms with Crippen molar-refractivity contribution in [3.8, 4) is 10.6 Å². The smallest absolute Gasteiger partial charge is 0.277 e. The van der Waals surface area contributed by atoms with Gasteiger partial charge in [0.25, 0.3) is 5.91 Å². The van der Waals surface area contributed by atoms with Gasteiger partial charge in [0.05, 0.1) is 16.3 Å². The Labute approximate surface area is 171 Å². The van der Waals surface area contributed by atoms with Crippen molar-refractivity contribution in [3.05, 3.63) is 82.9 Å². The number of nitrogens with one attached hydrogen (secondary N) is 1. The second-order valence-electron chi connectivity index (χ2n) is 6.49. The zero-order valence-corrected chi connectivity index (χ0v) is 16.7. The fourth-order valence-electron chi connectivity index (χ4n) is 2.74. The normalized spacial score (nSPS) is 11.1. The Morgan fingerprint density at radius 1 is 1.00 bits per heavy atom. The van der Waals surface area contributed by atoms with E-state index in [1.54, 1.807) is 12.1 Å². The zero-order chi connectivity index (χ0) is 20.2. The third-order valence-electron chi connectivity index (χ3n) is 4.35. The lowest BCUT2D eigenvalue weighted by molar-refractivity contribution is 0.101. The molecule has 0 aliphatic carbocycles. The maximum atomic E-state index is 12.5. The minimum atomic E-state index is -0.325. The summed E-state index contributed by atoms with van der Waals surface area (Å²) in [6, 6.07) is 18.8. The molecule has 4 rings (SSSR count). The van der Waals surface area contributed by atoms with Gasteiger partial charge in [0, 0.05) is 11.8 Å². The van der Waals surface area contributed by atoms with Crippen LogP contribution in [0.5, 0.6) is 0 Å². The van der Waals surface area contributed by atoms with Crippen LogP contribution in [0.15, 0.2) is 80.8 Å². The monoisotopic (exact) mass is 402 g/mol. The fraction of sp³-hybridized carbons (Fsp3) is 0.0909. The number of hydrogen-bond donors (Lipinski definition) is 1. The van der Waals surface area contributed by atoms with E-state index >= 15 is 0 Å². The molecule has 1 amide bonds. The third kappa shape index (κ3) is 4.30. The van der Waals surface area contributed by atoms with Crippen LogP contribution in [-0.2, 0) is 0 Å². The van der Waals surface area contributed by atoms with Crippen LogP contribution >= 0.6 is 11.3 Å². The lowest BCUT2D eigenvalue weighted by Gasteiger charge is -2.07. The quantitative estimate of drug-likeness (QED) is 0.378. The molecule has 6 nitrogen and oxygen atoms in total. The molecule has 0 fully saturated rings. The average Bonchev–Trinajstić information content (AvgIpc) is 3.41. The lowest BCUT2D eigenvalue weighted by atomic mass is 10.1. The standard InChI is InChI=1S/C22H18N4O2S/c1-14-6-3-4-7-18(14)25-24-16-9-10-17(15(2)12-16)23-22(27)19-13-20(28-26-19)21-8-5-11-29-21/h3-13H,1-2H3,(H,23,27). The van der Waals surface area contributed by atoms with Gasteiger partial charge in [-0.2, -0.15) is 10.2 Å². The summed E-state index contributed by atoms with van der Waals surface area (Å²) in [5.74, 6) is 0.253. The first-order valence-corrected chi connectivity index (χ1v) is 9.88. The van der Waals surface area contributed by atoms with Crippen LogP contribution < -0.4 is 5.32 Å². The number of aryl methyl sites for hydroxylation is 2. The number of nitrogens with zero attached hydrogens (tertiary/aromatic N) is 3. The minimum Gasteiger partial charge on any atom is -0.355 e. The number of azo groups is 1. The Hall–Kier alpha value is -3.58. The number of carbonyl (C=O) groups excluding carboxylic acids is 1. The van der Waals surface area contributed by atoms with Crippen molar-refractivity contribution in [2.45, 2.75) is 13.8 Å². The SMILES string of the molecule is Cc1ccccc1N=Nc1ccc(NC(=O)c2cc(-c3cccs3)on2)c(C)c1. The first-order valence-electron chi connectivity index (χ1n) is 9.00. The maximum Gasteiger partial charge on any atom is 0.277 e. The van der Waals surface area contributed by atoms with Gasteiger partial charge in [0.2, 0.25) is 0 Å². The molecule has 1 N–H and O–H groups in total. The molecule has 7 heteroatoms. The summed E-state index contributed by atoms with van der Waals surface area (Å²) < 4.78 is 5.27. The van der Waals surface area contributed by atoms with Crippen LogP contribution in [-0.4, -0.2) is 11.1 Å². The molecule has 4 aromatic rings. The summed E-state index contributed by atoms with van der Waals surface area (Å²) >= 11 is 1.53. The highest BCUT2D eigenvalue weighted by Gasteiger charge is 2.15. The lowest BCUT2D eigenvalue weighted by Crippen LogP contribution is -2.12. The maximum absolute atomic E-state index is 12.5. The van der Waals surface area contributed by atoms with Crippen molar-refractivity contribution in [2.24, 2.45) is 10.2 Å². The van der Waals surface area contributed by atoms with E-state index in [9.17, 15) is 4.79 Å². The highest BCUT2D eigenvalue weighted by molar-refractivity contribution is 7.13. The van der Waals surface area contributed by atoms with Crippen molar-refractivity contribution >= 4 is 34.3 Å². The van der Waals surface area contributed by atoms with Crippen LogP contribution in [0.3, 0.4) is 0 Å².